The van der Waals surface area contributed by atoms with Gasteiger partial charge in [0.05, 0.1) is 16.8 Å². The molecule has 17 heavy (non-hydrogen) atoms. The number of rotatable bonds is 4. The molecule has 0 spiro atoms. The number of hydrogen-bond donors (Lipinski definition) is 1. The van der Waals surface area contributed by atoms with Crippen LogP contribution in [-0.2, 0) is 11.5 Å². The molecule has 0 aliphatic heterocycles. The fourth-order valence-corrected chi connectivity index (χ4v) is 1.94. The normalized spacial score (nSPS) is 10.6. The van der Waals surface area contributed by atoms with Gasteiger partial charge >= 0.3 is 5.97 Å². The molecule has 5 heteroatoms. The SMILES string of the molecule is COCn1c(C=O)c(C(=O)O)c2ccccc21. The van der Waals surface area contributed by atoms with E-state index in [0.29, 0.717) is 17.2 Å². The van der Waals surface area contributed by atoms with Crippen LogP contribution in [0.15, 0.2) is 24.3 Å². The van der Waals surface area contributed by atoms with E-state index in [2.05, 4.69) is 0 Å². The monoisotopic (exact) mass is 233 g/mol. The van der Waals surface area contributed by atoms with E-state index in [-0.39, 0.29) is 18.0 Å². The molecular weight excluding hydrogens is 222 g/mol. The number of aromatic nitrogens is 1. The van der Waals surface area contributed by atoms with E-state index in [1.54, 1.807) is 28.8 Å². The summed E-state index contributed by atoms with van der Waals surface area (Å²) in [4.78, 5) is 22.3. The lowest BCUT2D eigenvalue weighted by Crippen LogP contribution is -2.07. The van der Waals surface area contributed by atoms with Crippen molar-refractivity contribution in [3.05, 3.63) is 35.5 Å². The summed E-state index contributed by atoms with van der Waals surface area (Å²) in [5, 5.41) is 9.70. The second-order valence-corrected chi connectivity index (χ2v) is 3.55. The Hall–Kier alpha value is -2.14. The summed E-state index contributed by atoms with van der Waals surface area (Å²) in [5.74, 6) is -1.11. The van der Waals surface area contributed by atoms with Crippen molar-refractivity contribution in [2.24, 2.45) is 0 Å². The molecule has 0 amide bonds. The molecule has 1 aromatic carbocycles. The minimum atomic E-state index is -1.11. The number of carboxylic acids is 1. The Balaban J connectivity index is 2.86. The first-order valence-corrected chi connectivity index (χ1v) is 4.99. The lowest BCUT2D eigenvalue weighted by atomic mass is 10.1. The van der Waals surface area contributed by atoms with Crippen molar-refractivity contribution < 1.29 is 19.4 Å². The van der Waals surface area contributed by atoms with Crippen molar-refractivity contribution in [1.29, 1.82) is 0 Å². The zero-order valence-electron chi connectivity index (χ0n) is 9.21. The van der Waals surface area contributed by atoms with Gasteiger partial charge in [0.2, 0.25) is 0 Å². The summed E-state index contributed by atoms with van der Waals surface area (Å²) < 4.78 is 6.53. The number of aromatic carboxylic acids is 1. The maximum absolute atomic E-state index is 11.2. The van der Waals surface area contributed by atoms with E-state index < -0.39 is 5.97 Å². The third-order valence-electron chi connectivity index (χ3n) is 2.59. The number of ether oxygens (including phenoxy) is 1. The van der Waals surface area contributed by atoms with Crippen molar-refractivity contribution in [2.75, 3.05) is 7.11 Å². The number of nitrogens with zero attached hydrogens (tertiary/aromatic N) is 1. The van der Waals surface area contributed by atoms with E-state index in [4.69, 9.17) is 9.84 Å². The molecule has 0 atom stereocenters. The highest BCUT2D eigenvalue weighted by Crippen LogP contribution is 2.25. The number of para-hydroxylation sites is 1. The molecule has 0 aliphatic rings. The number of fused-ring (bicyclic) bond motifs is 1. The Kier molecular flexibility index (Phi) is 2.93. The number of benzene rings is 1. The summed E-state index contributed by atoms with van der Waals surface area (Å²) in [6.45, 7) is 0.141. The fourth-order valence-electron chi connectivity index (χ4n) is 1.94. The lowest BCUT2D eigenvalue weighted by Gasteiger charge is -2.05. The number of hydrogen-bond acceptors (Lipinski definition) is 3. The number of carbonyl (C=O) groups excluding carboxylic acids is 1. The molecule has 88 valence electrons. The van der Waals surface area contributed by atoms with Crippen molar-refractivity contribution >= 4 is 23.2 Å². The van der Waals surface area contributed by atoms with Crippen molar-refractivity contribution in [1.82, 2.24) is 4.57 Å². The van der Waals surface area contributed by atoms with Crippen LogP contribution in [0.1, 0.15) is 20.8 Å². The van der Waals surface area contributed by atoms with Crippen LogP contribution in [-0.4, -0.2) is 29.0 Å². The molecule has 0 fully saturated rings. The second kappa shape index (κ2) is 4.39. The number of carboxylic acid groups (broad SMARTS) is 1. The standard InChI is InChI=1S/C12H11NO4/c1-17-7-13-9-5-3-2-4-8(9)11(12(15)16)10(13)6-14/h2-6H,7H2,1H3,(H,15,16). The Labute approximate surface area is 97.2 Å². The molecule has 2 rings (SSSR count). The molecule has 1 aromatic heterocycles. The van der Waals surface area contributed by atoms with Crippen LogP contribution in [0.3, 0.4) is 0 Å². The van der Waals surface area contributed by atoms with Crippen molar-refractivity contribution in [3.63, 3.8) is 0 Å². The summed E-state index contributed by atoms with van der Waals surface area (Å²) in [6, 6.07) is 6.96. The van der Waals surface area contributed by atoms with Gasteiger partial charge in [-0.15, -0.1) is 0 Å². The third kappa shape index (κ3) is 1.70. The van der Waals surface area contributed by atoms with Gasteiger partial charge in [0.25, 0.3) is 0 Å². The highest BCUT2D eigenvalue weighted by molar-refractivity contribution is 6.09. The molecule has 2 aromatic rings. The largest absolute Gasteiger partial charge is 0.478 e. The second-order valence-electron chi connectivity index (χ2n) is 3.55. The molecular formula is C12H11NO4. The minimum Gasteiger partial charge on any atom is -0.478 e. The summed E-state index contributed by atoms with van der Waals surface area (Å²) in [5.41, 5.74) is 0.821. The maximum Gasteiger partial charge on any atom is 0.338 e. The Morgan fingerprint density at radius 2 is 2.18 bits per heavy atom. The van der Waals surface area contributed by atoms with Gasteiger partial charge in [-0.3, -0.25) is 4.79 Å². The Morgan fingerprint density at radius 1 is 1.47 bits per heavy atom. The number of methoxy groups -OCH3 is 1. The Morgan fingerprint density at radius 3 is 2.76 bits per heavy atom. The van der Waals surface area contributed by atoms with Crippen LogP contribution >= 0.6 is 0 Å². The quantitative estimate of drug-likeness (QED) is 0.817. The number of aldehydes is 1. The Bertz CT molecular complexity index is 585. The van der Waals surface area contributed by atoms with Crippen molar-refractivity contribution in [3.8, 4) is 0 Å². The molecule has 0 saturated heterocycles. The molecule has 0 unspecified atom stereocenters. The number of carbonyl (C=O) groups is 2. The molecule has 5 nitrogen and oxygen atoms in total. The molecule has 1 heterocycles. The van der Waals surface area contributed by atoms with E-state index in [0.717, 1.165) is 0 Å². The van der Waals surface area contributed by atoms with Gasteiger partial charge in [0.1, 0.15) is 6.73 Å². The van der Waals surface area contributed by atoms with E-state index >= 15 is 0 Å². The first-order valence-electron chi connectivity index (χ1n) is 4.99. The molecule has 0 saturated carbocycles. The molecule has 0 bridgehead atoms. The fraction of sp³-hybridized carbons (Fsp3) is 0.167. The summed E-state index contributed by atoms with van der Waals surface area (Å²) in [6.07, 6.45) is 0.544. The van der Waals surface area contributed by atoms with Gasteiger partial charge in [-0.1, -0.05) is 18.2 Å². The minimum absolute atomic E-state index is 0.0210. The smallest absolute Gasteiger partial charge is 0.338 e. The highest BCUT2D eigenvalue weighted by Gasteiger charge is 2.21. The van der Waals surface area contributed by atoms with Crippen LogP contribution in [0, 0.1) is 0 Å². The molecule has 0 aliphatic carbocycles. The van der Waals surface area contributed by atoms with E-state index in [1.807, 2.05) is 0 Å². The van der Waals surface area contributed by atoms with Crippen molar-refractivity contribution in [2.45, 2.75) is 6.73 Å². The zero-order valence-corrected chi connectivity index (χ0v) is 9.21. The highest BCUT2D eigenvalue weighted by atomic mass is 16.5. The maximum atomic E-state index is 11.2. The van der Waals surface area contributed by atoms with Gasteiger partial charge in [-0.25, -0.2) is 4.79 Å². The van der Waals surface area contributed by atoms with Gasteiger partial charge in [-0.2, -0.15) is 0 Å². The first-order chi connectivity index (χ1) is 8.20. The summed E-state index contributed by atoms with van der Waals surface area (Å²) in [7, 11) is 1.49. The first kappa shape index (κ1) is 11.3. The molecule has 0 radical (unpaired) electrons. The van der Waals surface area contributed by atoms with Gasteiger partial charge in [-0.05, 0) is 6.07 Å². The van der Waals surface area contributed by atoms with E-state index in [1.165, 1.54) is 7.11 Å². The predicted octanol–water partition coefficient (Wildman–Crippen LogP) is 1.76. The van der Waals surface area contributed by atoms with Crippen LogP contribution < -0.4 is 0 Å². The topological polar surface area (TPSA) is 68.5 Å². The van der Waals surface area contributed by atoms with Crippen LogP contribution in [0.2, 0.25) is 0 Å². The van der Waals surface area contributed by atoms with Crippen LogP contribution in [0.25, 0.3) is 10.9 Å². The average Bonchev–Trinajstić information content (AvgIpc) is 2.64. The zero-order chi connectivity index (χ0) is 12.4. The lowest BCUT2D eigenvalue weighted by molar-refractivity contribution is 0.0694. The van der Waals surface area contributed by atoms with E-state index in [9.17, 15) is 9.59 Å². The third-order valence-corrected chi connectivity index (χ3v) is 2.59. The van der Waals surface area contributed by atoms with Crippen LogP contribution in [0.4, 0.5) is 0 Å². The predicted molar refractivity (Wildman–Crippen MR) is 61.3 cm³/mol. The van der Waals surface area contributed by atoms with Gasteiger partial charge < -0.3 is 14.4 Å². The summed E-state index contributed by atoms with van der Waals surface area (Å²) >= 11 is 0. The van der Waals surface area contributed by atoms with Crippen LogP contribution in [0.5, 0.6) is 0 Å². The van der Waals surface area contributed by atoms with Gasteiger partial charge in [0.15, 0.2) is 6.29 Å². The van der Waals surface area contributed by atoms with Gasteiger partial charge in [0, 0.05) is 12.5 Å². The average molecular weight is 233 g/mol. The molecule has 1 N–H and O–H groups in total.